The Morgan fingerprint density at radius 2 is 1.90 bits per heavy atom. The van der Waals surface area contributed by atoms with Crippen molar-refractivity contribution in [2.45, 2.75) is 39.2 Å². The monoisotopic (exact) mass is 425 g/mol. The van der Waals surface area contributed by atoms with Crippen molar-refractivity contribution in [1.29, 1.82) is 0 Å². The maximum atomic E-state index is 12.9. The minimum absolute atomic E-state index is 0. The molecule has 0 aromatic heterocycles. The number of hydrogen-bond donors (Lipinski definition) is 1. The Kier molecular flexibility index (Phi) is 6.66. The van der Waals surface area contributed by atoms with Gasteiger partial charge in [-0.25, -0.2) is 13.2 Å². The Morgan fingerprint density at radius 1 is 1.21 bits per heavy atom. The second-order valence-corrected chi connectivity index (χ2v) is 9.65. The van der Waals surface area contributed by atoms with Crippen molar-refractivity contribution in [1.82, 2.24) is 9.80 Å². The minimum atomic E-state index is -3.36. The molecule has 0 spiro atoms. The lowest BCUT2D eigenvalue weighted by atomic mass is 10.1. The highest BCUT2D eigenvalue weighted by atomic mass is 32.2. The molecule has 0 radical (unpaired) electrons. The van der Waals surface area contributed by atoms with Crippen LogP contribution in [0.25, 0.3) is 0 Å². The Hall–Kier alpha value is -2.29. The fraction of sp³-hybridized carbons (Fsp3) is 0.600. The molecule has 1 saturated heterocycles. The lowest BCUT2D eigenvalue weighted by molar-refractivity contribution is 0.0404. The summed E-state index contributed by atoms with van der Waals surface area (Å²) in [5.74, 6) is 0.443. The quantitative estimate of drug-likeness (QED) is 0.725. The van der Waals surface area contributed by atoms with Crippen LogP contribution in [-0.4, -0.2) is 68.3 Å². The summed E-state index contributed by atoms with van der Waals surface area (Å²) >= 11 is 0. The largest absolute Gasteiger partial charge is 0.449 e. The first-order valence-electron chi connectivity index (χ1n) is 10.1. The number of nitrogens with one attached hydrogen (secondary N) is 1. The highest BCUT2D eigenvalue weighted by Gasteiger charge is 2.32. The fourth-order valence-electron chi connectivity index (χ4n) is 3.34. The van der Waals surface area contributed by atoms with Gasteiger partial charge in [-0.1, -0.05) is 6.92 Å². The number of carbonyl (C=O) groups is 2. The lowest BCUT2D eigenvalue weighted by Crippen LogP contribution is -2.55. The first-order chi connectivity index (χ1) is 13.8. The number of benzene rings is 1. The van der Waals surface area contributed by atoms with Crippen LogP contribution in [0.4, 0.5) is 10.5 Å². The summed E-state index contributed by atoms with van der Waals surface area (Å²) in [6, 6.07) is 6.30. The van der Waals surface area contributed by atoms with E-state index in [1.165, 1.54) is 0 Å². The predicted molar refractivity (Wildman–Crippen MR) is 112 cm³/mol. The molecule has 2 aliphatic rings. The highest BCUT2D eigenvalue weighted by Crippen LogP contribution is 2.29. The molecule has 8 nitrogen and oxygen atoms in total. The topological polar surface area (TPSA) is 96.0 Å². The number of amides is 2. The Labute approximate surface area is 173 Å². The molecule has 2 amide bonds. The second kappa shape index (κ2) is 9.02. The molecule has 1 aliphatic carbocycles. The van der Waals surface area contributed by atoms with Gasteiger partial charge >= 0.3 is 6.09 Å². The van der Waals surface area contributed by atoms with Crippen LogP contribution in [0, 0.1) is 5.92 Å². The van der Waals surface area contributed by atoms with Crippen LogP contribution in [0.3, 0.4) is 0 Å². The van der Waals surface area contributed by atoms with E-state index in [-0.39, 0.29) is 25.2 Å². The number of piperazine rings is 1. The molecule has 1 heterocycles. The maximum Gasteiger partial charge on any atom is 0.409 e. The van der Waals surface area contributed by atoms with Gasteiger partial charge in [0, 0.05) is 38.4 Å². The molecule has 1 aromatic rings. The summed E-state index contributed by atoms with van der Waals surface area (Å²) in [6.07, 6.45) is 2.49. The van der Waals surface area contributed by atoms with Crippen LogP contribution in [-0.2, 0) is 14.8 Å². The van der Waals surface area contributed by atoms with Gasteiger partial charge in [0.2, 0.25) is 10.0 Å². The van der Waals surface area contributed by atoms with Crippen molar-refractivity contribution >= 4 is 27.7 Å². The van der Waals surface area contributed by atoms with Crippen molar-refractivity contribution in [3.05, 3.63) is 29.8 Å². The summed E-state index contributed by atoms with van der Waals surface area (Å²) in [6.45, 7) is 5.50. The summed E-state index contributed by atoms with van der Waals surface area (Å²) < 4.78 is 31.5. The predicted octanol–water partition coefficient (Wildman–Crippen LogP) is 2.78. The zero-order valence-electron chi connectivity index (χ0n) is 17.0. The molecule has 1 N–H and O–H groups in total. The van der Waals surface area contributed by atoms with E-state index in [0.29, 0.717) is 49.8 Å². The van der Waals surface area contributed by atoms with E-state index >= 15 is 0 Å². The molecule has 0 unspecified atom stereocenters. The van der Waals surface area contributed by atoms with Gasteiger partial charge in [0.15, 0.2) is 0 Å². The van der Waals surface area contributed by atoms with E-state index in [2.05, 4.69) is 4.72 Å². The Balaban J connectivity index is 0.00000320. The molecule has 1 aromatic carbocycles. The van der Waals surface area contributed by atoms with Gasteiger partial charge in [-0.05, 0) is 56.4 Å². The van der Waals surface area contributed by atoms with E-state index in [4.69, 9.17) is 4.74 Å². The Bertz CT molecular complexity index is 843. The van der Waals surface area contributed by atoms with Gasteiger partial charge in [0.25, 0.3) is 5.91 Å². The van der Waals surface area contributed by atoms with E-state index in [1.807, 2.05) is 6.92 Å². The molecule has 29 heavy (non-hydrogen) atoms. The van der Waals surface area contributed by atoms with Crippen LogP contribution < -0.4 is 4.72 Å². The molecular weight excluding hydrogens is 394 g/mol. The first-order valence-corrected chi connectivity index (χ1v) is 11.8. The normalized spacial score (nSPS) is 19.7. The second-order valence-electron chi connectivity index (χ2n) is 7.81. The number of carbonyl (C=O) groups excluding carboxylic acids is 2. The number of nitrogens with zero attached hydrogens (tertiary/aromatic N) is 2. The van der Waals surface area contributed by atoms with E-state index in [0.717, 1.165) is 12.8 Å². The maximum absolute atomic E-state index is 12.9. The molecule has 3 rings (SSSR count). The van der Waals surface area contributed by atoms with Crippen LogP contribution in [0.1, 0.15) is 44.9 Å². The average molecular weight is 426 g/mol. The zero-order chi connectivity index (χ0) is 21.0. The number of ether oxygens (including phenoxy) is 1. The highest BCUT2D eigenvalue weighted by molar-refractivity contribution is 7.92. The van der Waals surface area contributed by atoms with Gasteiger partial charge < -0.3 is 14.5 Å². The number of anilines is 1. The van der Waals surface area contributed by atoms with Crippen molar-refractivity contribution in [2.75, 3.05) is 36.7 Å². The van der Waals surface area contributed by atoms with Crippen LogP contribution in [0.15, 0.2) is 24.3 Å². The summed E-state index contributed by atoms with van der Waals surface area (Å²) in [7, 11) is -3.36. The summed E-state index contributed by atoms with van der Waals surface area (Å²) in [4.78, 5) is 28.4. The van der Waals surface area contributed by atoms with Crippen LogP contribution in [0.2, 0.25) is 0 Å². The molecule has 2 fully saturated rings. The van der Waals surface area contributed by atoms with Crippen LogP contribution in [0.5, 0.6) is 0 Å². The third-order valence-corrected chi connectivity index (χ3v) is 6.66. The first kappa shape index (κ1) is 21.4. The SMILES string of the molecule is CCCS(=O)(=O)Nc1ccc(C(=O)N2CCN(C(=O)OCC3CC3)C[C@H]2C)cc1.[HH]. The van der Waals surface area contributed by atoms with Crippen molar-refractivity contribution in [2.24, 2.45) is 5.92 Å². The number of hydrogen-bond acceptors (Lipinski definition) is 5. The van der Waals surface area contributed by atoms with E-state index in [9.17, 15) is 18.0 Å². The average Bonchev–Trinajstić information content (AvgIpc) is 3.50. The standard InChI is InChI=1S/C20H29N3O5S.H2/c1-3-12-29(26,27)21-18-8-6-17(7-9-18)19(24)23-11-10-22(13-15(23)2)20(25)28-14-16-4-5-16;/h6-9,15-16,21H,3-5,10-14H2,1-2H3;1H/t15-;/m1./s1. The molecular formula is C20H31N3O5S. The van der Waals surface area contributed by atoms with Gasteiger partial charge in [-0.3, -0.25) is 9.52 Å². The lowest BCUT2D eigenvalue weighted by Gasteiger charge is -2.39. The zero-order valence-corrected chi connectivity index (χ0v) is 17.8. The van der Waals surface area contributed by atoms with Crippen molar-refractivity contribution in [3.63, 3.8) is 0 Å². The number of sulfonamides is 1. The molecule has 1 atom stereocenters. The van der Waals surface area contributed by atoms with Gasteiger partial charge in [-0.2, -0.15) is 0 Å². The van der Waals surface area contributed by atoms with E-state index < -0.39 is 10.0 Å². The smallest absolute Gasteiger partial charge is 0.409 e. The van der Waals surface area contributed by atoms with Crippen molar-refractivity contribution < 1.29 is 24.2 Å². The molecule has 1 aliphatic heterocycles. The van der Waals surface area contributed by atoms with Crippen LogP contribution >= 0.6 is 0 Å². The summed E-state index contributed by atoms with van der Waals surface area (Å²) in [5, 5.41) is 0. The summed E-state index contributed by atoms with van der Waals surface area (Å²) in [5.41, 5.74) is 0.923. The number of rotatable bonds is 7. The molecule has 162 valence electrons. The van der Waals surface area contributed by atoms with E-state index in [1.54, 1.807) is 41.0 Å². The Morgan fingerprint density at radius 3 is 2.48 bits per heavy atom. The molecule has 9 heteroatoms. The fourth-order valence-corrected chi connectivity index (χ4v) is 4.47. The van der Waals surface area contributed by atoms with Crippen molar-refractivity contribution in [3.8, 4) is 0 Å². The third-order valence-electron chi connectivity index (χ3n) is 5.16. The van der Waals surface area contributed by atoms with Gasteiger partial charge in [0.05, 0.1) is 12.4 Å². The molecule has 0 bridgehead atoms. The minimum Gasteiger partial charge on any atom is -0.449 e. The van der Waals surface area contributed by atoms with Gasteiger partial charge in [-0.15, -0.1) is 0 Å². The molecule has 1 saturated carbocycles. The third kappa shape index (κ3) is 5.85. The van der Waals surface area contributed by atoms with Gasteiger partial charge in [0.1, 0.15) is 0 Å².